The highest BCUT2D eigenvalue weighted by Crippen LogP contribution is 2.42. The molecule has 0 fully saturated rings. The summed E-state index contributed by atoms with van der Waals surface area (Å²) in [5, 5.41) is 34.9. The van der Waals surface area contributed by atoms with Crippen molar-refractivity contribution in [1.82, 2.24) is 4.98 Å². The Kier molecular flexibility index (Phi) is 8.84. The number of hydrogen-bond donors (Lipinski definition) is 4. The predicted molar refractivity (Wildman–Crippen MR) is 150 cm³/mol. The number of rotatable bonds is 9. The first-order chi connectivity index (χ1) is 18.8. The van der Waals surface area contributed by atoms with Gasteiger partial charge in [-0.25, -0.2) is 17.9 Å². The van der Waals surface area contributed by atoms with Gasteiger partial charge in [0.2, 0.25) is 10.0 Å². The number of carbonyl (C=O) groups is 1. The van der Waals surface area contributed by atoms with E-state index in [4.69, 9.17) is 15.2 Å². The first-order valence-electron chi connectivity index (χ1n) is 13.1. The first kappa shape index (κ1) is 29.5. The number of pyridine rings is 1. The van der Waals surface area contributed by atoms with Gasteiger partial charge >= 0.3 is 5.97 Å². The van der Waals surface area contributed by atoms with Crippen molar-refractivity contribution in [2.75, 3.05) is 0 Å². The molecule has 10 heteroatoms. The van der Waals surface area contributed by atoms with Gasteiger partial charge in [0.15, 0.2) is 0 Å². The van der Waals surface area contributed by atoms with Gasteiger partial charge in [0.1, 0.15) is 5.82 Å². The normalized spacial score (nSPS) is 15.0. The van der Waals surface area contributed by atoms with E-state index in [1.54, 1.807) is 30.3 Å². The van der Waals surface area contributed by atoms with Gasteiger partial charge in [0.25, 0.3) is 0 Å². The number of benzene rings is 2. The smallest absolute Gasteiger partial charge is 0.305 e. The van der Waals surface area contributed by atoms with Crippen LogP contribution in [0, 0.1) is 5.82 Å². The van der Waals surface area contributed by atoms with Gasteiger partial charge in [-0.3, -0.25) is 9.78 Å². The van der Waals surface area contributed by atoms with Crippen molar-refractivity contribution in [2.24, 2.45) is 5.14 Å². The third-order valence-corrected chi connectivity index (χ3v) is 7.90. The van der Waals surface area contributed by atoms with Crippen LogP contribution in [0.2, 0.25) is 0 Å². The zero-order valence-corrected chi connectivity index (χ0v) is 23.2. The van der Waals surface area contributed by atoms with Crippen LogP contribution in [0.15, 0.2) is 53.4 Å². The molecule has 4 rings (SSSR count). The van der Waals surface area contributed by atoms with Gasteiger partial charge in [-0.05, 0) is 71.7 Å². The van der Waals surface area contributed by atoms with Gasteiger partial charge in [0.05, 0.1) is 34.9 Å². The van der Waals surface area contributed by atoms with Crippen molar-refractivity contribution in [2.45, 2.75) is 69.0 Å². The summed E-state index contributed by atoms with van der Waals surface area (Å²) >= 11 is 0. The molecule has 0 aliphatic heterocycles. The number of aryl methyl sites for hydroxylation is 1. The standard InChI is InChI=1S/C30H33FN2O6S/c1-17(2)29-25(13-11-21(34)14-22(35)15-27(36)37)28(19-6-9-20(31)10-7-19)24-5-3-4-18-8-12-23(40(32,38)39)16-26(18)30(24)33-29/h6-13,16-17,21-22,34-35H,3-5,14-15H2,1-2H3,(H,36,37)(H2,32,38,39)/t21-,22-/m1/s1. The van der Waals surface area contributed by atoms with Crippen LogP contribution in [-0.2, 0) is 27.7 Å². The number of nitrogens with zero attached hydrogens (tertiary/aromatic N) is 1. The van der Waals surface area contributed by atoms with E-state index in [0.717, 1.165) is 28.7 Å². The number of sulfonamides is 1. The Morgan fingerprint density at radius 2 is 1.82 bits per heavy atom. The summed E-state index contributed by atoms with van der Waals surface area (Å²) in [6.45, 7) is 3.93. The molecule has 3 aromatic rings. The number of fused-ring (bicyclic) bond motifs is 3. The summed E-state index contributed by atoms with van der Waals surface area (Å²) in [5.41, 5.74) is 6.03. The highest BCUT2D eigenvalue weighted by Gasteiger charge is 2.26. The van der Waals surface area contributed by atoms with Gasteiger partial charge < -0.3 is 15.3 Å². The molecule has 2 atom stereocenters. The number of aliphatic hydroxyl groups excluding tert-OH is 2. The third kappa shape index (κ3) is 6.64. The molecule has 0 radical (unpaired) electrons. The molecule has 40 heavy (non-hydrogen) atoms. The Morgan fingerprint density at radius 1 is 1.12 bits per heavy atom. The lowest BCUT2D eigenvalue weighted by Gasteiger charge is -2.22. The highest BCUT2D eigenvalue weighted by atomic mass is 32.2. The SMILES string of the molecule is CC(C)c1nc2c(c(-c3ccc(F)cc3)c1C=C[C@@H](O)C[C@@H](O)CC(=O)O)CCCc1ccc(S(N)(=O)=O)cc1-2. The summed E-state index contributed by atoms with van der Waals surface area (Å²) < 4.78 is 38.3. The van der Waals surface area contributed by atoms with Crippen molar-refractivity contribution < 1.29 is 32.9 Å². The Labute approximate surface area is 233 Å². The second-order valence-electron chi connectivity index (χ2n) is 10.4. The van der Waals surface area contributed by atoms with Crippen molar-refractivity contribution in [3.8, 4) is 22.4 Å². The second kappa shape index (κ2) is 12.0. The number of carboxylic acids is 1. The van der Waals surface area contributed by atoms with Crippen LogP contribution in [0.1, 0.15) is 61.4 Å². The summed E-state index contributed by atoms with van der Waals surface area (Å²) in [4.78, 5) is 15.9. The average Bonchev–Trinajstić information content (AvgIpc) is 3.05. The van der Waals surface area contributed by atoms with Crippen LogP contribution >= 0.6 is 0 Å². The number of nitrogens with two attached hydrogens (primary N) is 1. The summed E-state index contributed by atoms with van der Waals surface area (Å²) in [5.74, 6) is -1.65. The number of aliphatic hydroxyl groups is 2. The number of aromatic nitrogens is 1. The number of aliphatic carboxylic acids is 1. The second-order valence-corrected chi connectivity index (χ2v) is 12.0. The Bertz CT molecular complexity index is 1550. The quantitative estimate of drug-likeness (QED) is 0.298. The summed E-state index contributed by atoms with van der Waals surface area (Å²) in [6, 6.07) is 10.9. The zero-order valence-electron chi connectivity index (χ0n) is 22.3. The molecule has 1 heterocycles. The molecular weight excluding hydrogens is 535 g/mol. The predicted octanol–water partition coefficient (Wildman–Crippen LogP) is 4.41. The van der Waals surface area contributed by atoms with E-state index in [0.29, 0.717) is 35.4 Å². The fourth-order valence-corrected chi connectivity index (χ4v) is 5.69. The summed E-state index contributed by atoms with van der Waals surface area (Å²) in [7, 11) is -3.95. The molecule has 1 aromatic heterocycles. The van der Waals surface area contributed by atoms with Crippen LogP contribution in [0.4, 0.5) is 4.39 Å². The number of carboxylic acid groups (broad SMARTS) is 1. The van der Waals surface area contributed by atoms with Gasteiger partial charge in [-0.1, -0.05) is 44.2 Å². The van der Waals surface area contributed by atoms with E-state index in [2.05, 4.69) is 0 Å². The van der Waals surface area contributed by atoms with E-state index in [1.165, 1.54) is 24.3 Å². The minimum absolute atomic E-state index is 0.0117. The Balaban J connectivity index is 1.96. The Morgan fingerprint density at radius 3 is 2.45 bits per heavy atom. The number of hydrogen-bond acceptors (Lipinski definition) is 6. The van der Waals surface area contributed by atoms with Crippen LogP contribution in [-0.4, -0.2) is 46.9 Å². The largest absolute Gasteiger partial charge is 0.481 e. The molecule has 1 aliphatic carbocycles. The van der Waals surface area contributed by atoms with E-state index in [9.17, 15) is 27.8 Å². The monoisotopic (exact) mass is 568 g/mol. The lowest BCUT2D eigenvalue weighted by atomic mass is 9.86. The van der Waals surface area contributed by atoms with Crippen LogP contribution in [0.25, 0.3) is 28.5 Å². The molecule has 5 N–H and O–H groups in total. The molecule has 0 saturated carbocycles. The first-order valence-corrected chi connectivity index (χ1v) is 14.6. The maximum atomic E-state index is 13.9. The minimum Gasteiger partial charge on any atom is -0.481 e. The van der Waals surface area contributed by atoms with E-state index in [1.807, 2.05) is 13.8 Å². The molecule has 0 bridgehead atoms. The van der Waals surface area contributed by atoms with Gasteiger partial charge in [-0.2, -0.15) is 0 Å². The van der Waals surface area contributed by atoms with Crippen molar-refractivity contribution in [1.29, 1.82) is 0 Å². The lowest BCUT2D eigenvalue weighted by molar-refractivity contribution is -0.139. The fraction of sp³-hybridized carbons (Fsp3) is 0.333. The maximum absolute atomic E-state index is 13.9. The molecule has 0 saturated heterocycles. The van der Waals surface area contributed by atoms with E-state index in [-0.39, 0.29) is 17.2 Å². The summed E-state index contributed by atoms with van der Waals surface area (Å²) in [6.07, 6.45) is 2.31. The maximum Gasteiger partial charge on any atom is 0.305 e. The minimum atomic E-state index is -3.95. The van der Waals surface area contributed by atoms with Crippen molar-refractivity contribution in [3.05, 3.63) is 76.7 Å². The highest BCUT2D eigenvalue weighted by molar-refractivity contribution is 7.89. The van der Waals surface area contributed by atoms with Crippen LogP contribution in [0.5, 0.6) is 0 Å². The molecule has 212 valence electrons. The average molecular weight is 569 g/mol. The number of halogens is 1. The molecule has 0 spiro atoms. The van der Waals surface area contributed by atoms with Crippen LogP contribution in [0.3, 0.4) is 0 Å². The number of primary sulfonamides is 1. The van der Waals surface area contributed by atoms with Crippen molar-refractivity contribution >= 4 is 22.1 Å². The van der Waals surface area contributed by atoms with E-state index >= 15 is 0 Å². The van der Waals surface area contributed by atoms with Crippen molar-refractivity contribution in [3.63, 3.8) is 0 Å². The molecule has 0 unspecified atom stereocenters. The van der Waals surface area contributed by atoms with E-state index < -0.39 is 40.4 Å². The third-order valence-electron chi connectivity index (χ3n) is 6.99. The molecule has 2 aromatic carbocycles. The van der Waals surface area contributed by atoms with Gasteiger partial charge in [-0.15, -0.1) is 0 Å². The molecular formula is C30H33FN2O6S. The van der Waals surface area contributed by atoms with Crippen LogP contribution < -0.4 is 5.14 Å². The topological polar surface area (TPSA) is 151 Å². The molecule has 8 nitrogen and oxygen atoms in total. The zero-order chi connectivity index (χ0) is 29.2. The fourth-order valence-electron chi connectivity index (χ4n) is 5.15. The molecule has 1 aliphatic rings. The molecule has 0 amide bonds. The Hall–Kier alpha value is -3.44. The lowest BCUT2D eigenvalue weighted by Crippen LogP contribution is -2.19. The van der Waals surface area contributed by atoms with Gasteiger partial charge in [0, 0.05) is 17.5 Å².